The number of aliphatic hydroxyl groups excluding tert-OH is 1. The van der Waals surface area contributed by atoms with Gasteiger partial charge in [0.15, 0.2) is 0 Å². The van der Waals surface area contributed by atoms with Crippen molar-refractivity contribution in [3.05, 3.63) is 100 Å². The molecule has 0 bridgehead atoms. The highest BCUT2D eigenvalue weighted by molar-refractivity contribution is 6.51. The third kappa shape index (κ3) is 4.70. The summed E-state index contributed by atoms with van der Waals surface area (Å²) in [5, 5.41) is 11.8. The van der Waals surface area contributed by atoms with E-state index in [-0.39, 0.29) is 11.3 Å². The lowest BCUT2D eigenvalue weighted by molar-refractivity contribution is -0.132. The maximum absolute atomic E-state index is 13.3. The van der Waals surface area contributed by atoms with Gasteiger partial charge in [-0.05, 0) is 54.8 Å². The number of Topliss-reactive ketones (excluding diaryl/α,β-unsaturated/α-hetero) is 1. The van der Waals surface area contributed by atoms with Gasteiger partial charge in [0.05, 0.1) is 18.2 Å². The Kier molecular flexibility index (Phi) is 6.75. The molecule has 1 amide bonds. The monoisotopic (exact) mass is 475 g/mol. The standard InChI is InChI=1S/C28H26ClNO4/c1-17(2)16-34-23-9-5-8-20(15-23)26(31)24-25(19-7-4-6-18(3)14-19)30(28(33)27(24)32)22-12-10-21(29)11-13-22/h4-15,17,25,31H,16H2,1-3H3/b26-24-. The maximum atomic E-state index is 13.3. The van der Waals surface area contributed by atoms with Crippen LogP contribution < -0.4 is 9.64 Å². The number of aliphatic hydroxyl groups is 1. The molecule has 1 unspecified atom stereocenters. The van der Waals surface area contributed by atoms with Crippen LogP contribution in [0.4, 0.5) is 5.69 Å². The first-order chi connectivity index (χ1) is 16.3. The largest absolute Gasteiger partial charge is 0.507 e. The molecule has 0 saturated carbocycles. The Morgan fingerprint density at radius 3 is 2.41 bits per heavy atom. The lowest BCUT2D eigenvalue weighted by atomic mass is 9.94. The number of hydrogen-bond donors (Lipinski definition) is 1. The fourth-order valence-corrected chi connectivity index (χ4v) is 4.13. The predicted molar refractivity (Wildman–Crippen MR) is 134 cm³/mol. The smallest absolute Gasteiger partial charge is 0.300 e. The van der Waals surface area contributed by atoms with Crippen LogP contribution in [0.2, 0.25) is 5.02 Å². The fourth-order valence-electron chi connectivity index (χ4n) is 4.01. The summed E-state index contributed by atoms with van der Waals surface area (Å²) in [6.07, 6.45) is 0. The summed E-state index contributed by atoms with van der Waals surface area (Å²) in [5.41, 5.74) is 2.66. The number of ketones is 1. The molecular weight excluding hydrogens is 450 g/mol. The number of nitrogens with zero attached hydrogens (tertiary/aromatic N) is 1. The Bertz CT molecular complexity index is 1260. The Labute approximate surface area is 204 Å². The zero-order valence-corrected chi connectivity index (χ0v) is 20.0. The van der Waals surface area contributed by atoms with Gasteiger partial charge in [-0.15, -0.1) is 0 Å². The third-order valence-corrected chi connectivity index (χ3v) is 5.85. The molecular formula is C28H26ClNO4. The van der Waals surface area contributed by atoms with Crippen molar-refractivity contribution < 1.29 is 19.4 Å². The minimum atomic E-state index is -0.790. The molecule has 34 heavy (non-hydrogen) atoms. The van der Waals surface area contributed by atoms with Gasteiger partial charge in [0.1, 0.15) is 11.5 Å². The molecule has 0 aromatic heterocycles. The summed E-state index contributed by atoms with van der Waals surface area (Å²) in [5.74, 6) is -0.772. The van der Waals surface area contributed by atoms with E-state index in [2.05, 4.69) is 0 Å². The number of amides is 1. The number of rotatable bonds is 6. The molecule has 5 nitrogen and oxygen atoms in total. The number of anilines is 1. The molecule has 174 valence electrons. The van der Waals surface area contributed by atoms with Crippen molar-refractivity contribution in [2.75, 3.05) is 11.5 Å². The van der Waals surface area contributed by atoms with Crippen molar-refractivity contribution in [2.24, 2.45) is 5.92 Å². The van der Waals surface area contributed by atoms with Crippen molar-refractivity contribution in [3.8, 4) is 5.75 Å². The summed E-state index contributed by atoms with van der Waals surface area (Å²) >= 11 is 6.05. The number of hydrogen-bond acceptors (Lipinski definition) is 4. The lowest BCUT2D eigenvalue weighted by Crippen LogP contribution is -2.29. The first-order valence-corrected chi connectivity index (χ1v) is 11.5. The van der Waals surface area contributed by atoms with Gasteiger partial charge in [0, 0.05) is 16.3 Å². The van der Waals surface area contributed by atoms with Crippen molar-refractivity contribution in [1.82, 2.24) is 0 Å². The second-order valence-corrected chi connectivity index (χ2v) is 9.23. The summed E-state index contributed by atoms with van der Waals surface area (Å²) in [6, 6.07) is 20.4. The van der Waals surface area contributed by atoms with Gasteiger partial charge in [-0.3, -0.25) is 14.5 Å². The third-order valence-electron chi connectivity index (χ3n) is 5.60. The number of aryl methyl sites for hydroxylation is 1. The Hall–Kier alpha value is -3.57. The maximum Gasteiger partial charge on any atom is 0.300 e. The molecule has 1 heterocycles. The average Bonchev–Trinajstić information content (AvgIpc) is 3.08. The molecule has 3 aromatic carbocycles. The van der Waals surface area contributed by atoms with Gasteiger partial charge >= 0.3 is 0 Å². The van der Waals surface area contributed by atoms with Gasteiger partial charge in [0.25, 0.3) is 11.7 Å². The molecule has 6 heteroatoms. The molecule has 3 aromatic rings. The van der Waals surface area contributed by atoms with Gasteiger partial charge in [-0.1, -0.05) is 67.4 Å². The summed E-state index contributed by atoms with van der Waals surface area (Å²) in [7, 11) is 0. The van der Waals surface area contributed by atoms with Crippen molar-refractivity contribution in [2.45, 2.75) is 26.8 Å². The van der Waals surface area contributed by atoms with Crippen LogP contribution in [0.1, 0.15) is 36.6 Å². The van der Waals surface area contributed by atoms with E-state index in [1.54, 1.807) is 48.5 Å². The average molecular weight is 476 g/mol. The summed E-state index contributed by atoms with van der Waals surface area (Å²) in [4.78, 5) is 27.9. The Morgan fingerprint density at radius 2 is 1.74 bits per heavy atom. The van der Waals surface area contributed by atoms with Crippen LogP contribution in [0, 0.1) is 12.8 Å². The molecule has 1 fully saturated rings. The number of halogens is 1. The van der Waals surface area contributed by atoms with Crippen LogP contribution in [-0.4, -0.2) is 23.4 Å². The number of carbonyl (C=O) groups is 2. The van der Waals surface area contributed by atoms with Crippen LogP contribution in [0.5, 0.6) is 5.75 Å². The Morgan fingerprint density at radius 1 is 1.03 bits per heavy atom. The normalized spacial score (nSPS) is 17.4. The number of benzene rings is 3. The predicted octanol–water partition coefficient (Wildman–Crippen LogP) is 6.31. The highest BCUT2D eigenvalue weighted by atomic mass is 35.5. The molecule has 4 rings (SSSR count). The van der Waals surface area contributed by atoms with Crippen molar-refractivity contribution in [1.29, 1.82) is 0 Å². The molecule has 0 spiro atoms. The highest BCUT2D eigenvalue weighted by Crippen LogP contribution is 2.42. The minimum Gasteiger partial charge on any atom is -0.507 e. The topological polar surface area (TPSA) is 66.8 Å². The van der Waals surface area contributed by atoms with Crippen molar-refractivity contribution in [3.63, 3.8) is 0 Å². The van der Waals surface area contributed by atoms with E-state index >= 15 is 0 Å². The molecule has 1 aliphatic rings. The number of ether oxygens (including phenoxy) is 1. The van der Waals surface area contributed by atoms with Gasteiger partial charge < -0.3 is 9.84 Å². The van der Waals surface area contributed by atoms with Crippen LogP contribution >= 0.6 is 11.6 Å². The van der Waals surface area contributed by atoms with E-state index in [0.717, 1.165) is 11.1 Å². The van der Waals surface area contributed by atoms with Crippen LogP contribution in [0.3, 0.4) is 0 Å². The highest BCUT2D eigenvalue weighted by Gasteiger charge is 2.47. The van der Waals surface area contributed by atoms with E-state index < -0.39 is 17.7 Å². The Balaban J connectivity index is 1.86. The second-order valence-electron chi connectivity index (χ2n) is 8.79. The first-order valence-electron chi connectivity index (χ1n) is 11.1. The first kappa shape index (κ1) is 23.6. The van der Waals surface area contributed by atoms with Gasteiger partial charge in [-0.25, -0.2) is 0 Å². The van der Waals surface area contributed by atoms with Gasteiger partial charge in [0.2, 0.25) is 0 Å². The fraction of sp³-hybridized carbons (Fsp3) is 0.214. The zero-order chi connectivity index (χ0) is 24.4. The van der Waals surface area contributed by atoms with E-state index in [1.165, 1.54) is 4.90 Å². The minimum absolute atomic E-state index is 0.0339. The molecule has 0 radical (unpaired) electrons. The van der Waals surface area contributed by atoms with Crippen LogP contribution in [0.15, 0.2) is 78.4 Å². The summed E-state index contributed by atoms with van der Waals surface area (Å²) in [6.45, 7) is 6.55. The molecule has 1 atom stereocenters. The SMILES string of the molecule is Cc1cccc(C2/C(=C(/O)c3cccc(OCC(C)C)c3)C(=O)C(=O)N2c2ccc(Cl)cc2)c1. The molecule has 1 saturated heterocycles. The zero-order valence-electron chi connectivity index (χ0n) is 19.3. The van der Waals surface area contributed by atoms with E-state index in [1.807, 2.05) is 45.0 Å². The number of carbonyl (C=O) groups excluding carboxylic acids is 2. The summed E-state index contributed by atoms with van der Waals surface area (Å²) < 4.78 is 5.79. The second kappa shape index (κ2) is 9.74. The van der Waals surface area contributed by atoms with E-state index in [4.69, 9.17) is 16.3 Å². The molecule has 0 aliphatic carbocycles. The van der Waals surface area contributed by atoms with Crippen molar-refractivity contribution >= 4 is 34.7 Å². The van der Waals surface area contributed by atoms with Crippen LogP contribution in [0.25, 0.3) is 5.76 Å². The van der Waals surface area contributed by atoms with E-state index in [9.17, 15) is 14.7 Å². The quantitative estimate of drug-likeness (QED) is 0.258. The molecule has 1 aliphatic heterocycles. The molecule has 1 N–H and O–H groups in total. The van der Waals surface area contributed by atoms with E-state index in [0.29, 0.717) is 34.5 Å². The lowest BCUT2D eigenvalue weighted by Gasteiger charge is -2.25. The van der Waals surface area contributed by atoms with Gasteiger partial charge in [-0.2, -0.15) is 0 Å². The van der Waals surface area contributed by atoms with Crippen LogP contribution in [-0.2, 0) is 9.59 Å².